The van der Waals surface area contributed by atoms with E-state index in [1.165, 1.54) is 12.6 Å². The molecule has 2 heterocycles. The molecule has 0 bridgehead atoms. The molecule has 0 aliphatic heterocycles. The Labute approximate surface area is 105 Å². The van der Waals surface area contributed by atoms with Gasteiger partial charge in [-0.1, -0.05) is 0 Å². The third-order valence-electron chi connectivity index (χ3n) is 2.51. The van der Waals surface area contributed by atoms with Crippen molar-refractivity contribution in [3.8, 4) is 0 Å². The monoisotopic (exact) mass is 214 g/mol. The van der Waals surface area contributed by atoms with Crippen molar-refractivity contribution in [2.45, 2.75) is 31.8 Å². The molecule has 0 saturated heterocycles. The summed E-state index contributed by atoms with van der Waals surface area (Å²) < 4.78 is 14.1. The average Bonchev–Trinajstić information content (AvgIpc) is 2.73. The van der Waals surface area contributed by atoms with E-state index in [-0.39, 0.29) is 5.82 Å². The van der Waals surface area contributed by atoms with Crippen molar-refractivity contribution < 1.29 is 4.39 Å². The maximum absolute atomic E-state index is 13.2. The second-order valence-electron chi connectivity index (χ2n) is 4.30. The first-order valence-electron chi connectivity index (χ1n) is 5.64. The molecule has 2 nitrogen and oxygen atoms in total. The summed E-state index contributed by atoms with van der Waals surface area (Å²) in [5.74, 6) is -0.184. The Hall–Kier alpha value is -0.783. The summed E-state index contributed by atoms with van der Waals surface area (Å²) in [5.41, 5.74) is 1.19. The third-order valence-corrected chi connectivity index (χ3v) is 2.51. The van der Waals surface area contributed by atoms with E-state index in [0.717, 1.165) is 4.59 Å². The van der Waals surface area contributed by atoms with Crippen LogP contribution in [0.1, 0.15) is 25.8 Å². The Morgan fingerprint density at radius 3 is 2.75 bits per heavy atom. The van der Waals surface area contributed by atoms with Crippen LogP contribution in [0.25, 0.3) is 11.0 Å². The molecule has 0 fully saturated rings. The second kappa shape index (κ2) is 6.08. The van der Waals surface area contributed by atoms with Crippen molar-refractivity contribution in [3.05, 3.63) is 29.8 Å². The zero-order chi connectivity index (χ0) is 12.1. The first kappa shape index (κ1) is 13.3. The molecule has 2 rings (SSSR count). The normalized spacial score (nSPS) is 12.1. The van der Waals surface area contributed by atoms with Gasteiger partial charge in [-0.2, -0.15) is 0 Å². The molecule has 16 heavy (non-hydrogen) atoms. The van der Waals surface area contributed by atoms with Gasteiger partial charge in [-0.25, -0.2) is 9.37 Å². The van der Waals surface area contributed by atoms with Crippen LogP contribution >= 0.6 is 0 Å². The third kappa shape index (κ3) is 3.36. The van der Waals surface area contributed by atoms with Crippen LogP contribution in [0.3, 0.4) is 0 Å². The van der Waals surface area contributed by atoms with E-state index in [1.807, 2.05) is 0 Å². The fourth-order valence-electron chi connectivity index (χ4n) is 1.08. The number of aromatic amines is 1. The summed E-state index contributed by atoms with van der Waals surface area (Å²) in [6, 6.07) is 1.69. The van der Waals surface area contributed by atoms with Gasteiger partial charge in [0, 0.05) is 18.0 Å². The molecular weight excluding hydrogens is 198 g/mol. The van der Waals surface area contributed by atoms with Gasteiger partial charge in [-0.15, -0.1) is 0 Å². The van der Waals surface area contributed by atoms with Crippen LogP contribution in [0.2, 0.25) is 4.59 Å². The number of aryl methyl sites for hydroxylation is 1. The van der Waals surface area contributed by atoms with Gasteiger partial charge in [0.15, 0.2) is 0 Å². The molecular formula is C12H16FLiN2. The van der Waals surface area contributed by atoms with Crippen LogP contribution < -0.4 is 0 Å². The van der Waals surface area contributed by atoms with E-state index in [1.54, 1.807) is 19.2 Å². The Morgan fingerprint density at radius 2 is 2.19 bits per heavy atom. The molecule has 0 aliphatic carbocycles. The van der Waals surface area contributed by atoms with Crippen LogP contribution in [0.15, 0.2) is 18.5 Å². The van der Waals surface area contributed by atoms with E-state index in [0.29, 0.717) is 16.6 Å². The molecule has 0 amide bonds. The van der Waals surface area contributed by atoms with Gasteiger partial charge >= 0.3 is 42.6 Å². The first-order chi connectivity index (χ1) is 7.56. The number of nitrogens with one attached hydrogen (secondary N) is 1. The minimum absolute atomic E-state index is 0.184. The Bertz CT molecular complexity index is 451. The van der Waals surface area contributed by atoms with Crippen molar-refractivity contribution in [3.63, 3.8) is 0 Å². The number of H-pyrrole nitrogens is 1. The standard InChI is InChI=1S/C8H7FN2.C4H9.Li/c1-5-4-11-8-6(7(5)9)2-3-10-8;1-3-4-2;/h2-4H,1H3,(H,10,11);3H,4H2,1-2H3;. The quantitative estimate of drug-likeness (QED) is 0.724. The van der Waals surface area contributed by atoms with Crippen molar-refractivity contribution in [2.75, 3.05) is 0 Å². The SMILES string of the molecule is Cc1cnc2[nH]ccc2c1F.[Li][CH](C)CC. The molecule has 0 aliphatic rings. The Kier molecular flexibility index (Phi) is 5.04. The fourth-order valence-corrected chi connectivity index (χ4v) is 1.08. The summed E-state index contributed by atoms with van der Waals surface area (Å²) in [4.78, 5) is 6.84. The molecule has 2 aromatic heterocycles. The van der Waals surface area contributed by atoms with Crippen LogP contribution in [0, 0.1) is 12.7 Å². The molecule has 0 aromatic carbocycles. The summed E-state index contributed by atoms with van der Waals surface area (Å²) in [6.07, 6.45) is 4.51. The molecule has 1 N–H and O–H groups in total. The van der Waals surface area contributed by atoms with E-state index in [9.17, 15) is 4.39 Å². The fraction of sp³-hybridized carbons (Fsp3) is 0.417. The van der Waals surface area contributed by atoms with E-state index in [2.05, 4.69) is 41.5 Å². The van der Waals surface area contributed by atoms with E-state index >= 15 is 0 Å². The molecule has 1 unspecified atom stereocenters. The van der Waals surface area contributed by atoms with Gasteiger partial charge in [-0.3, -0.25) is 0 Å². The van der Waals surface area contributed by atoms with Crippen LogP contribution in [0.5, 0.6) is 0 Å². The van der Waals surface area contributed by atoms with Gasteiger partial charge in [0.05, 0.1) is 5.39 Å². The number of hydrogen-bond donors (Lipinski definition) is 1. The average molecular weight is 214 g/mol. The van der Waals surface area contributed by atoms with Crippen molar-refractivity contribution in [1.29, 1.82) is 0 Å². The van der Waals surface area contributed by atoms with Crippen molar-refractivity contribution in [1.82, 2.24) is 9.97 Å². The molecule has 2 aromatic rings. The van der Waals surface area contributed by atoms with E-state index in [4.69, 9.17) is 0 Å². The number of halogens is 1. The van der Waals surface area contributed by atoms with Gasteiger partial charge in [0.25, 0.3) is 0 Å². The number of hydrogen-bond acceptors (Lipinski definition) is 1. The van der Waals surface area contributed by atoms with Gasteiger partial charge in [0.2, 0.25) is 0 Å². The zero-order valence-electron chi connectivity index (χ0n) is 10.3. The minimum atomic E-state index is -0.184. The Morgan fingerprint density at radius 1 is 1.56 bits per heavy atom. The summed E-state index contributed by atoms with van der Waals surface area (Å²) in [7, 11) is 0. The maximum atomic E-state index is 13.2. The number of pyridine rings is 1. The molecule has 82 valence electrons. The van der Waals surface area contributed by atoms with Crippen LogP contribution in [0.4, 0.5) is 4.39 Å². The number of rotatable bonds is 1. The van der Waals surface area contributed by atoms with Crippen molar-refractivity contribution >= 4 is 28.7 Å². The molecule has 0 radical (unpaired) electrons. The van der Waals surface area contributed by atoms with Crippen LogP contribution in [-0.2, 0) is 0 Å². The summed E-state index contributed by atoms with van der Waals surface area (Å²) in [6.45, 7) is 6.12. The molecule has 0 saturated carbocycles. The first-order valence-corrected chi connectivity index (χ1v) is 5.64. The molecule has 1 atom stereocenters. The molecule has 0 spiro atoms. The summed E-state index contributed by atoms with van der Waals surface area (Å²) in [5, 5.41) is 0.560. The summed E-state index contributed by atoms with van der Waals surface area (Å²) >= 11 is 2.22. The van der Waals surface area contributed by atoms with E-state index < -0.39 is 0 Å². The van der Waals surface area contributed by atoms with Gasteiger partial charge < -0.3 is 4.98 Å². The van der Waals surface area contributed by atoms with Gasteiger partial charge in [0.1, 0.15) is 11.5 Å². The van der Waals surface area contributed by atoms with Gasteiger partial charge in [-0.05, 0) is 13.0 Å². The predicted molar refractivity (Wildman–Crippen MR) is 66.3 cm³/mol. The number of nitrogens with zero attached hydrogens (tertiary/aromatic N) is 1. The second-order valence-corrected chi connectivity index (χ2v) is 4.30. The number of fused-ring (bicyclic) bond motifs is 1. The Balaban J connectivity index is 0.000000221. The predicted octanol–water partition coefficient (Wildman–Crippen LogP) is 3.38. The van der Waals surface area contributed by atoms with Crippen molar-refractivity contribution in [2.24, 2.45) is 0 Å². The van der Waals surface area contributed by atoms with Crippen LogP contribution in [-0.4, -0.2) is 27.7 Å². The number of aromatic nitrogens is 2. The molecule has 4 heteroatoms. The zero-order valence-corrected chi connectivity index (χ0v) is 10.3. The topological polar surface area (TPSA) is 28.7 Å².